The van der Waals surface area contributed by atoms with E-state index >= 15 is 0 Å². The molecule has 0 aliphatic carbocycles. The van der Waals surface area contributed by atoms with Crippen LogP contribution in [0.2, 0.25) is 0 Å². The molecule has 2 fully saturated rings. The first-order chi connectivity index (χ1) is 8.35. The zero-order valence-corrected chi connectivity index (χ0v) is 11.0. The maximum atomic E-state index is 5.63. The minimum absolute atomic E-state index is 0.741. The molecule has 2 bridgehead atoms. The first-order valence-corrected chi connectivity index (χ1v) is 6.96. The number of fused-ring (bicyclic) bond motifs is 2. The van der Waals surface area contributed by atoms with Crippen molar-refractivity contribution < 1.29 is 4.74 Å². The second-order valence-electron chi connectivity index (χ2n) is 5.27. The standard InChI is InChI=1S/C14H26N2O/c1-3-4-8-17-9-7-16-13-5-6-14(16)11-12(10-13)15-2/h3,12-15H,1,4-11H2,2H3. The van der Waals surface area contributed by atoms with E-state index in [1.54, 1.807) is 0 Å². The molecule has 3 heteroatoms. The highest BCUT2D eigenvalue weighted by Crippen LogP contribution is 2.35. The van der Waals surface area contributed by atoms with Gasteiger partial charge in [0.05, 0.1) is 13.2 Å². The van der Waals surface area contributed by atoms with Crippen molar-refractivity contribution in [2.75, 3.05) is 26.8 Å². The van der Waals surface area contributed by atoms with Gasteiger partial charge in [0.25, 0.3) is 0 Å². The second-order valence-corrected chi connectivity index (χ2v) is 5.27. The second kappa shape index (κ2) is 6.53. The molecular weight excluding hydrogens is 212 g/mol. The molecule has 0 amide bonds. The van der Waals surface area contributed by atoms with E-state index < -0.39 is 0 Å². The lowest BCUT2D eigenvalue weighted by Gasteiger charge is -2.38. The predicted octanol–water partition coefficient (Wildman–Crippen LogP) is 1.79. The average molecular weight is 238 g/mol. The number of hydrogen-bond donors (Lipinski definition) is 1. The molecule has 0 aromatic carbocycles. The van der Waals surface area contributed by atoms with Crippen molar-refractivity contribution in [3.8, 4) is 0 Å². The van der Waals surface area contributed by atoms with Crippen molar-refractivity contribution in [1.29, 1.82) is 0 Å². The Bertz CT molecular complexity index is 230. The SMILES string of the molecule is C=CCCOCCN1C2CCC1CC(NC)C2. The third kappa shape index (κ3) is 3.30. The molecule has 2 heterocycles. The highest BCUT2D eigenvalue weighted by atomic mass is 16.5. The Labute approximate surface area is 105 Å². The summed E-state index contributed by atoms with van der Waals surface area (Å²) in [6, 6.07) is 2.34. The fourth-order valence-corrected chi connectivity index (χ4v) is 3.31. The number of rotatable bonds is 7. The van der Waals surface area contributed by atoms with Gasteiger partial charge >= 0.3 is 0 Å². The van der Waals surface area contributed by atoms with Crippen molar-refractivity contribution in [3.05, 3.63) is 12.7 Å². The average Bonchev–Trinajstić information content (AvgIpc) is 2.60. The van der Waals surface area contributed by atoms with Crippen molar-refractivity contribution in [1.82, 2.24) is 10.2 Å². The molecule has 0 aromatic heterocycles. The van der Waals surface area contributed by atoms with Gasteiger partial charge < -0.3 is 10.1 Å². The number of ether oxygens (including phenoxy) is 1. The predicted molar refractivity (Wildman–Crippen MR) is 71.2 cm³/mol. The Hall–Kier alpha value is -0.380. The lowest BCUT2D eigenvalue weighted by molar-refractivity contribution is 0.0614. The maximum Gasteiger partial charge on any atom is 0.0593 e. The minimum Gasteiger partial charge on any atom is -0.380 e. The van der Waals surface area contributed by atoms with E-state index in [0.717, 1.165) is 44.3 Å². The van der Waals surface area contributed by atoms with Gasteiger partial charge in [-0.25, -0.2) is 0 Å². The minimum atomic E-state index is 0.741. The normalized spacial score (nSPS) is 32.9. The molecule has 0 saturated carbocycles. The summed E-state index contributed by atoms with van der Waals surface area (Å²) in [5.41, 5.74) is 0. The van der Waals surface area contributed by atoms with Gasteiger partial charge in [-0.3, -0.25) is 4.90 Å². The summed E-state index contributed by atoms with van der Waals surface area (Å²) in [5.74, 6) is 0. The van der Waals surface area contributed by atoms with E-state index in [-0.39, 0.29) is 0 Å². The third-order valence-electron chi connectivity index (χ3n) is 4.25. The molecule has 0 radical (unpaired) electrons. The zero-order valence-electron chi connectivity index (χ0n) is 11.0. The van der Waals surface area contributed by atoms with Gasteiger partial charge in [0.2, 0.25) is 0 Å². The summed E-state index contributed by atoms with van der Waals surface area (Å²) in [7, 11) is 2.10. The van der Waals surface area contributed by atoms with Crippen molar-refractivity contribution in [2.45, 2.75) is 50.2 Å². The van der Waals surface area contributed by atoms with Crippen molar-refractivity contribution in [2.24, 2.45) is 0 Å². The topological polar surface area (TPSA) is 24.5 Å². The molecule has 0 spiro atoms. The van der Waals surface area contributed by atoms with E-state index in [4.69, 9.17) is 4.74 Å². The van der Waals surface area contributed by atoms with E-state index in [0.29, 0.717) is 0 Å². The molecule has 0 aromatic rings. The third-order valence-corrected chi connectivity index (χ3v) is 4.25. The van der Waals surface area contributed by atoms with Gasteiger partial charge in [0.1, 0.15) is 0 Å². The summed E-state index contributed by atoms with van der Waals surface area (Å²) >= 11 is 0. The summed E-state index contributed by atoms with van der Waals surface area (Å²) in [6.07, 6.45) is 8.29. The summed E-state index contributed by atoms with van der Waals surface area (Å²) in [5, 5.41) is 3.44. The smallest absolute Gasteiger partial charge is 0.0593 e. The Balaban J connectivity index is 1.70. The summed E-state index contributed by atoms with van der Waals surface area (Å²) in [6.45, 7) is 6.52. The Morgan fingerprint density at radius 2 is 2.00 bits per heavy atom. The van der Waals surface area contributed by atoms with Crippen LogP contribution in [0, 0.1) is 0 Å². The fourth-order valence-electron chi connectivity index (χ4n) is 3.31. The van der Waals surface area contributed by atoms with Gasteiger partial charge in [-0.15, -0.1) is 6.58 Å². The van der Waals surface area contributed by atoms with Crippen LogP contribution in [0.25, 0.3) is 0 Å². The van der Waals surface area contributed by atoms with Crippen LogP contribution in [0.1, 0.15) is 32.1 Å². The molecule has 2 unspecified atom stereocenters. The first kappa shape index (κ1) is 13.1. The van der Waals surface area contributed by atoms with Crippen LogP contribution in [-0.2, 0) is 4.74 Å². The van der Waals surface area contributed by atoms with Crippen LogP contribution in [-0.4, -0.2) is 49.8 Å². The first-order valence-electron chi connectivity index (χ1n) is 6.96. The Morgan fingerprint density at radius 3 is 2.59 bits per heavy atom. The van der Waals surface area contributed by atoms with Gasteiger partial charge in [0, 0.05) is 24.7 Å². The van der Waals surface area contributed by atoms with Gasteiger partial charge in [-0.2, -0.15) is 0 Å². The van der Waals surface area contributed by atoms with E-state index in [1.807, 2.05) is 6.08 Å². The van der Waals surface area contributed by atoms with E-state index in [1.165, 1.54) is 25.7 Å². The van der Waals surface area contributed by atoms with Crippen LogP contribution in [0.5, 0.6) is 0 Å². The molecule has 2 aliphatic heterocycles. The molecule has 1 N–H and O–H groups in total. The van der Waals surface area contributed by atoms with Crippen LogP contribution in [0.4, 0.5) is 0 Å². The Kier molecular flexibility index (Phi) is 5.01. The number of hydrogen-bond acceptors (Lipinski definition) is 3. The highest BCUT2D eigenvalue weighted by Gasteiger charge is 2.39. The summed E-state index contributed by atoms with van der Waals surface area (Å²) in [4.78, 5) is 2.68. The highest BCUT2D eigenvalue weighted by molar-refractivity contribution is 4.96. The molecule has 3 nitrogen and oxygen atoms in total. The molecule has 2 atom stereocenters. The number of piperidine rings is 1. The van der Waals surface area contributed by atoms with Gasteiger partial charge in [-0.05, 0) is 39.2 Å². The monoisotopic (exact) mass is 238 g/mol. The quantitative estimate of drug-likeness (QED) is 0.540. The summed E-state index contributed by atoms with van der Waals surface area (Å²) < 4.78 is 5.63. The van der Waals surface area contributed by atoms with Gasteiger partial charge in [-0.1, -0.05) is 6.08 Å². The molecule has 17 heavy (non-hydrogen) atoms. The molecule has 2 rings (SSSR count). The number of nitrogens with zero attached hydrogens (tertiary/aromatic N) is 1. The van der Waals surface area contributed by atoms with Crippen LogP contribution >= 0.6 is 0 Å². The lowest BCUT2D eigenvalue weighted by Crippen LogP contribution is -2.49. The van der Waals surface area contributed by atoms with Crippen LogP contribution in [0.15, 0.2) is 12.7 Å². The molecule has 2 saturated heterocycles. The largest absolute Gasteiger partial charge is 0.380 e. The maximum absolute atomic E-state index is 5.63. The van der Waals surface area contributed by atoms with Crippen molar-refractivity contribution in [3.63, 3.8) is 0 Å². The fraction of sp³-hybridized carbons (Fsp3) is 0.857. The zero-order chi connectivity index (χ0) is 12.1. The number of nitrogens with one attached hydrogen (secondary N) is 1. The van der Waals surface area contributed by atoms with Crippen LogP contribution < -0.4 is 5.32 Å². The van der Waals surface area contributed by atoms with E-state index in [2.05, 4.69) is 23.8 Å². The van der Waals surface area contributed by atoms with Gasteiger partial charge in [0.15, 0.2) is 0 Å². The molecule has 2 aliphatic rings. The van der Waals surface area contributed by atoms with E-state index in [9.17, 15) is 0 Å². The molecular formula is C14H26N2O. The van der Waals surface area contributed by atoms with Crippen molar-refractivity contribution >= 4 is 0 Å². The molecule has 98 valence electrons. The Morgan fingerprint density at radius 1 is 1.29 bits per heavy atom. The van der Waals surface area contributed by atoms with Crippen LogP contribution in [0.3, 0.4) is 0 Å². The lowest BCUT2D eigenvalue weighted by atomic mass is 9.97.